The summed E-state index contributed by atoms with van der Waals surface area (Å²) in [5, 5.41) is 9.30. The number of hydrogen-bond acceptors (Lipinski definition) is 4. The summed E-state index contributed by atoms with van der Waals surface area (Å²) in [7, 11) is 0. The predicted octanol–water partition coefficient (Wildman–Crippen LogP) is 10.8. The van der Waals surface area contributed by atoms with Crippen LogP contribution in [-0.2, 0) is 0 Å². The Bertz CT molecular complexity index is 2070. The molecule has 0 atom stereocenters. The van der Waals surface area contributed by atoms with Crippen molar-refractivity contribution in [2.24, 2.45) is 0 Å². The Kier molecular flexibility index (Phi) is 5.90. The molecular formula is C34H22S4. The molecule has 0 saturated carbocycles. The van der Waals surface area contributed by atoms with Gasteiger partial charge in [-0.15, -0.1) is 50.5 Å². The Morgan fingerprint density at radius 1 is 0.342 bits per heavy atom. The molecular weight excluding hydrogens is 537 g/mol. The van der Waals surface area contributed by atoms with Crippen molar-refractivity contribution in [2.75, 3.05) is 0 Å². The van der Waals surface area contributed by atoms with Crippen molar-refractivity contribution in [2.45, 2.75) is 19.6 Å². The average molecular weight is 559 g/mol. The second-order valence-corrected chi connectivity index (χ2v) is 11.6. The lowest BCUT2D eigenvalue weighted by Gasteiger charge is -2.13. The van der Waals surface area contributed by atoms with Crippen LogP contribution >= 0.6 is 50.5 Å². The van der Waals surface area contributed by atoms with E-state index in [9.17, 15) is 0 Å². The quantitative estimate of drug-likeness (QED) is 0.118. The van der Waals surface area contributed by atoms with E-state index >= 15 is 0 Å². The van der Waals surface area contributed by atoms with E-state index in [1.54, 1.807) is 0 Å². The van der Waals surface area contributed by atoms with Gasteiger partial charge in [-0.25, -0.2) is 0 Å². The largest absolute Gasteiger partial charge is 0.143 e. The van der Waals surface area contributed by atoms with Crippen molar-refractivity contribution in [3.05, 3.63) is 109 Å². The van der Waals surface area contributed by atoms with Gasteiger partial charge in [0.05, 0.1) is 0 Å². The Morgan fingerprint density at radius 3 is 1.89 bits per heavy atom. The molecule has 7 aromatic rings. The highest BCUT2D eigenvalue weighted by atomic mass is 32.1. The van der Waals surface area contributed by atoms with Gasteiger partial charge in [-0.05, 0) is 114 Å². The molecule has 0 aliphatic carbocycles. The summed E-state index contributed by atoms with van der Waals surface area (Å²) in [5.41, 5.74) is 4.56. The lowest BCUT2D eigenvalue weighted by molar-refractivity contribution is 1.47. The molecule has 38 heavy (non-hydrogen) atoms. The van der Waals surface area contributed by atoms with Crippen molar-refractivity contribution in [1.82, 2.24) is 0 Å². The molecule has 0 radical (unpaired) electrons. The van der Waals surface area contributed by atoms with E-state index in [2.05, 4.69) is 116 Å². The minimum Gasteiger partial charge on any atom is -0.143 e. The molecule has 0 N–H and O–H groups in total. The molecule has 7 rings (SSSR count). The highest BCUT2D eigenvalue weighted by Gasteiger charge is 2.11. The zero-order chi connectivity index (χ0) is 26.0. The molecule has 0 saturated heterocycles. The minimum atomic E-state index is 0.955. The van der Waals surface area contributed by atoms with E-state index in [0.717, 1.165) is 57.8 Å². The molecule has 0 aliphatic heterocycles. The average Bonchev–Trinajstić information content (AvgIpc) is 2.93. The van der Waals surface area contributed by atoms with Gasteiger partial charge in [0.25, 0.3) is 0 Å². The topological polar surface area (TPSA) is 0 Å². The van der Waals surface area contributed by atoms with Gasteiger partial charge in [0.15, 0.2) is 0 Å². The summed E-state index contributed by atoms with van der Waals surface area (Å²) >= 11 is 19.1. The van der Waals surface area contributed by atoms with Crippen LogP contribution in [0.3, 0.4) is 0 Å². The molecule has 0 spiro atoms. The Morgan fingerprint density at radius 2 is 1.03 bits per heavy atom. The zero-order valence-electron chi connectivity index (χ0n) is 20.2. The number of hydrogen-bond donors (Lipinski definition) is 4. The molecule has 0 fully saturated rings. The molecule has 7 aromatic carbocycles. The molecule has 0 bridgehead atoms. The minimum absolute atomic E-state index is 0.955. The van der Waals surface area contributed by atoms with Crippen molar-refractivity contribution in [3.8, 4) is 22.3 Å². The van der Waals surface area contributed by atoms with Crippen molar-refractivity contribution in [3.63, 3.8) is 0 Å². The maximum absolute atomic E-state index is 4.92. The second kappa shape index (κ2) is 9.32. The molecule has 0 aliphatic rings. The SMILES string of the molecule is Sc1cc(-c2ccc3cc4c(S)cccc4cc3c2)cc2ccc(-c3ccc4c(S)cccc4c3S)cc12. The van der Waals surface area contributed by atoms with E-state index in [1.807, 2.05) is 18.2 Å². The summed E-state index contributed by atoms with van der Waals surface area (Å²) in [5.74, 6) is 0. The number of rotatable bonds is 2. The highest BCUT2D eigenvalue weighted by Crippen LogP contribution is 2.39. The zero-order valence-corrected chi connectivity index (χ0v) is 23.8. The van der Waals surface area contributed by atoms with E-state index in [-0.39, 0.29) is 0 Å². The standard InChI is InChI=1S/C34H22S4/c35-31-6-2-4-28-27(31)12-11-26(34(28)38)23-10-9-22-15-25(18-33(37)30(22)17-23)19-7-8-20-16-29-21(14-24(20)13-19)3-1-5-32(29)36/h1-18,35-38H. The Hall–Kier alpha value is -3.02. The fourth-order valence-corrected chi connectivity index (χ4v) is 6.71. The third-order valence-electron chi connectivity index (χ3n) is 7.40. The van der Waals surface area contributed by atoms with E-state index in [4.69, 9.17) is 25.3 Å². The first kappa shape index (κ1) is 24.1. The first-order chi connectivity index (χ1) is 18.5. The summed E-state index contributed by atoms with van der Waals surface area (Å²) < 4.78 is 0. The van der Waals surface area contributed by atoms with Crippen LogP contribution in [0.1, 0.15) is 0 Å². The summed E-state index contributed by atoms with van der Waals surface area (Å²) in [6.45, 7) is 0. The van der Waals surface area contributed by atoms with Crippen molar-refractivity contribution < 1.29 is 0 Å². The van der Waals surface area contributed by atoms with Gasteiger partial charge in [0.1, 0.15) is 0 Å². The monoisotopic (exact) mass is 558 g/mol. The maximum atomic E-state index is 4.92. The first-order valence-corrected chi connectivity index (χ1v) is 14.1. The van der Waals surface area contributed by atoms with Gasteiger partial charge in [-0.1, -0.05) is 60.7 Å². The molecule has 0 nitrogen and oxygen atoms in total. The van der Waals surface area contributed by atoms with Crippen LogP contribution in [0.15, 0.2) is 129 Å². The number of fused-ring (bicyclic) bond motifs is 4. The van der Waals surface area contributed by atoms with Crippen molar-refractivity contribution in [1.29, 1.82) is 0 Å². The third kappa shape index (κ3) is 3.99. The van der Waals surface area contributed by atoms with Crippen LogP contribution < -0.4 is 0 Å². The van der Waals surface area contributed by atoms with E-state index < -0.39 is 0 Å². The molecule has 0 heterocycles. The van der Waals surface area contributed by atoms with Crippen molar-refractivity contribution >= 4 is 93.6 Å². The van der Waals surface area contributed by atoms with E-state index in [1.165, 1.54) is 27.1 Å². The number of thiol groups is 4. The second-order valence-electron chi connectivity index (χ2n) is 9.68. The normalized spacial score (nSPS) is 11.7. The van der Waals surface area contributed by atoms with Gasteiger partial charge < -0.3 is 0 Å². The maximum Gasteiger partial charge on any atom is 0.0198 e. The van der Waals surface area contributed by atoms with Crippen LogP contribution in [0.5, 0.6) is 0 Å². The molecule has 0 aromatic heterocycles. The third-order valence-corrected chi connectivity index (χ3v) is 9.03. The van der Waals surface area contributed by atoms with Gasteiger partial charge in [0, 0.05) is 19.6 Å². The van der Waals surface area contributed by atoms with Gasteiger partial charge >= 0.3 is 0 Å². The summed E-state index contributed by atoms with van der Waals surface area (Å²) in [6.07, 6.45) is 0. The van der Waals surface area contributed by atoms with Crippen LogP contribution in [0.25, 0.3) is 65.3 Å². The predicted molar refractivity (Wildman–Crippen MR) is 176 cm³/mol. The molecule has 182 valence electrons. The lowest BCUT2D eigenvalue weighted by atomic mass is 9.95. The summed E-state index contributed by atoms with van der Waals surface area (Å²) in [4.78, 5) is 3.88. The number of benzene rings is 7. The van der Waals surface area contributed by atoms with Gasteiger partial charge in [0.2, 0.25) is 0 Å². The van der Waals surface area contributed by atoms with Crippen LogP contribution in [0, 0.1) is 0 Å². The molecule has 4 heteroatoms. The van der Waals surface area contributed by atoms with Crippen LogP contribution in [-0.4, -0.2) is 0 Å². The van der Waals surface area contributed by atoms with Gasteiger partial charge in [-0.2, -0.15) is 0 Å². The Labute approximate surface area is 243 Å². The smallest absolute Gasteiger partial charge is 0.0198 e. The fraction of sp³-hybridized carbons (Fsp3) is 0. The van der Waals surface area contributed by atoms with E-state index in [0.29, 0.717) is 0 Å². The fourth-order valence-electron chi connectivity index (χ4n) is 5.42. The summed E-state index contributed by atoms with van der Waals surface area (Å²) in [6, 6.07) is 38.7. The van der Waals surface area contributed by atoms with Crippen LogP contribution in [0.2, 0.25) is 0 Å². The van der Waals surface area contributed by atoms with Gasteiger partial charge in [-0.3, -0.25) is 0 Å². The first-order valence-electron chi connectivity index (χ1n) is 12.3. The highest BCUT2D eigenvalue weighted by molar-refractivity contribution is 7.81. The molecule has 0 amide bonds. The molecule has 0 unspecified atom stereocenters. The lowest BCUT2D eigenvalue weighted by Crippen LogP contribution is -1.87. The van der Waals surface area contributed by atoms with Crippen LogP contribution in [0.4, 0.5) is 0 Å². The Balaban J connectivity index is 1.33.